The van der Waals surface area contributed by atoms with Crippen molar-refractivity contribution >= 4 is 34.2 Å². The minimum atomic E-state index is -1.27. The number of benzene rings is 3. The maximum atomic E-state index is 15.1. The molecule has 3 aromatic rings. The normalized spacial score (nSPS) is 27.3. The van der Waals surface area contributed by atoms with Crippen molar-refractivity contribution in [3.63, 3.8) is 0 Å². The summed E-state index contributed by atoms with van der Waals surface area (Å²) >= 11 is 0. The molecule has 0 aromatic heterocycles. The van der Waals surface area contributed by atoms with E-state index in [4.69, 9.17) is 9.47 Å². The number of aliphatic hydroxyl groups is 1. The molecule has 0 aliphatic carbocycles. The predicted molar refractivity (Wildman–Crippen MR) is 172 cm³/mol. The Morgan fingerprint density at radius 2 is 1.80 bits per heavy atom. The third-order valence-electron chi connectivity index (χ3n) is 9.99. The Morgan fingerprint density at radius 3 is 2.49 bits per heavy atom. The number of esters is 1. The summed E-state index contributed by atoms with van der Waals surface area (Å²) in [6.07, 6.45) is 5.24. The average molecular weight is 609 g/mol. The first-order chi connectivity index (χ1) is 21.9. The van der Waals surface area contributed by atoms with Crippen LogP contribution in [0.2, 0.25) is 0 Å². The molecule has 45 heavy (non-hydrogen) atoms. The molecule has 1 spiro atoms. The van der Waals surface area contributed by atoms with E-state index in [-0.39, 0.29) is 25.0 Å². The van der Waals surface area contributed by atoms with Crippen molar-refractivity contribution < 1.29 is 29.0 Å². The number of anilines is 1. The van der Waals surface area contributed by atoms with Crippen molar-refractivity contribution in [1.82, 2.24) is 4.90 Å². The molecule has 3 aliphatic rings. The zero-order valence-electron chi connectivity index (χ0n) is 25.6. The molecule has 3 aliphatic heterocycles. The second kappa shape index (κ2) is 12.3. The van der Waals surface area contributed by atoms with E-state index in [9.17, 15) is 14.7 Å². The number of amides is 2. The van der Waals surface area contributed by atoms with Crippen LogP contribution >= 0.6 is 0 Å². The lowest BCUT2D eigenvalue weighted by Crippen LogP contribution is -2.57. The van der Waals surface area contributed by atoms with Crippen molar-refractivity contribution in [2.24, 2.45) is 11.8 Å². The average Bonchev–Trinajstić information content (AvgIpc) is 3.68. The second-order valence-corrected chi connectivity index (χ2v) is 12.2. The first-order valence-corrected chi connectivity index (χ1v) is 15.7. The van der Waals surface area contributed by atoms with Crippen LogP contribution in [0.3, 0.4) is 0 Å². The van der Waals surface area contributed by atoms with E-state index < -0.39 is 47.7 Å². The fourth-order valence-electron chi connectivity index (χ4n) is 7.94. The molecule has 2 unspecified atom stereocenters. The standard InChI is InChI=1S/C37H40N2O6/c1-4-7-22-44-35(43)31-30-33(41)39(29(24-40)26-14-9-8-10-15-26)32(37(30)20-19-36(31,6-3)45-37)34(42)38(21-5-2)28-18-17-25-13-11-12-16-27(25)23-28/h4-5,8-18,23,29-32,40H,1-2,6-7,19-22,24H2,3H3/t29-,30+,31-,32?,36+,37?/m1/s1. The SMILES string of the molecule is C=CCCOC(=O)[C@H]1[C@H]2C(=O)N([C@H](CO)c3ccccc3)C(C(=O)N(CC=C)c3ccc4ccccc4c3)C23CC[C@]1(CC)O3. The zero-order valence-corrected chi connectivity index (χ0v) is 25.6. The van der Waals surface area contributed by atoms with E-state index in [1.165, 1.54) is 4.90 Å². The summed E-state index contributed by atoms with van der Waals surface area (Å²) in [7, 11) is 0. The van der Waals surface area contributed by atoms with E-state index in [0.717, 1.165) is 10.8 Å². The van der Waals surface area contributed by atoms with Gasteiger partial charge in [0.15, 0.2) is 0 Å². The topological polar surface area (TPSA) is 96.4 Å². The molecule has 0 saturated carbocycles. The van der Waals surface area contributed by atoms with Gasteiger partial charge >= 0.3 is 5.97 Å². The van der Waals surface area contributed by atoms with Crippen LogP contribution in [-0.2, 0) is 23.9 Å². The highest BCUT2D eigenvalue weighted by molar-refractivity contribution is 6.06. The zero-order chi connectivity index (χ0) is 31.8. The summed E-state index contributed by atoms with van der Waals surface area (Å²) < 4.78 is 12.6. The Kier molecular flexibility index (Phi) is 8.37. The van der Waals surface area contributed by atoms with E-state index >= 15 is 4.79 Å². The molecule has 8 nitrogen and oxygen atoms in total. The van der Waals surface area contributed by atoms with Gasteiger partial charge in [-0.1, -0.05) is 79.7 Å². The lowest BCUT2D eigenvalue weighted by atomic mass is 9.65. The first kappa shape index (κ1) is 30.7. The molecule has 234 valence electrons. The molecule has 3 saturated heterocycles. The Morgan fingerprint density at radius 1 is 1.07 bits per heavy atom. The van der Waals surface area contributed by atoms with Gasteiger partial charge in [0.05, 0.1) is 30.8 Å². The maximum absolute atomic E-state index is 15.1. The van der Waals surface area contributed by atoms with Crippen LogP contribution in [0, 0.1) is 11.8 Å². The van der Waals surface area contributed by atoms with Crippen LogP contribution in [0.15, 0.2) is 98.1 Å². The van der Waals surface area contributed by atoms with Crippen LogP contribution in [0.4, 0.5) is 5.69 Å². The predicted octanol–water partition coefficient (Wildman–Crippen LogP) is 5.37. The Balaban J connectivity index is 1.49. The van der Waals surface area contributed by atoms with E-state index in [1.54, 1.807) is 17.1 Å². The first-order valence-electron chi connectivity index (χ1n) is 15.7. The third-order valence-corrected chi connectivity index (χ3v) is 9.99. The quantitative estimate of drug-likeness (QED) is 0.169. The van der Waals surface area contributed by atoms with Gasteiger partial charge in [-0.05, 0) is 54.2 Å². The molecule has 1 N–H and O–H groups in total. The van der Waals surface area contributed by atoms with Crippen molar-refractivity contribution in [2.45, 2.75) is 55.9 Å². The van der Waals surface area contributed by atoms with Gasteiger partial charge < -0.3 is 24.4 Å². The van der Waals surface area contributed by atoms with Gasteiger partial charge in [-0.25, -0.2) is 0 Å². The van der Waals surface area contributed by atoms with Crippen LogP contribution in [0.5, 0.6) is 0 Å². The molecule has 2 bridgehead atoms. The summed E-state index contributed by atoms with van der Waals surface area (Å²) in [5, 5.41) is 12.8. The monoisotopic (exact) mass is 608 g/mol. The summed E-state index contributed by atoms with van der Waals surface area (Å²) in [4.78, 5) is 46.7. The summed E-state index contributed by atoms with van der Waals surface area (Å²) in [6, 6.07) is 21.0. The smallest absolute Gasteiger partial charge is 0.312 e. The highest BCUT2D eigenvalue weighted by atomic mass is 16.6. The highest BCUT2D eigenvalue weighted by Gasteiger charge is 2.79. The number of hydrogen-bond acceptors (Lipinski definition) is 6. The van der Waals surface area contributed by atoms with E-state index in [2.05, 4.69) is 13.2 Å². The summed E-state index contributed by atoms with van der Waals surface area (Å²) in [5.41, 5.74) is -0.855. The molecular formula is C37H40N2O6. The molecule has 3 fully saturated rings. The number of carbonyl (C=O) groups is 3. The Labute approximate surface area is 263 Å². The van der Waals surface area contributed by atoms with Crippen LogP contribution < -0.4 is 4.90 Å². The summed E-state index contributed by atoms with van der Waals surface area (Å²) in [6.45, 7) is 9.51. The minimum Gasteiger partial charge on any atom is -0.465 e. The highest BCUT2D eigenvalue weighted by Crippen LogP contribution is 2.65. The van der Waals surface area contributed by atoms with Gasteiger partial charge in [-0.2, -0.15) is 0 Å². The Bertz CT molecular complexity index is 1620. The van der Waals surface area contributed by atoms with Crippen molar-refractivity contribution in [2.75, 3.05) is 24.7 Å². The number of rotatable bonds is 12. The van der Waals surface area contributed by atoms with Gasteiger partial charge in [0, 0.05) is 12.2 Å². The molecular weight excluding hydrogens is 568 g/mol. The van der Waals surface area contributed by atoms with Gasteiger partial charge in [-0.3, -0.25) is 14.4 Å². The molecule has 6 rings (SSSR count). The maximum Gasteiger partial charge on any atom is 0.312 e. The molecule has 2 amide bonds. The van der Waals surface area contributed by atoms with Crippen LogP contribution in [0.25, 0.3) is 10.8 Å². The van der Waals surface area contributed by atoms with Gasteiger partial charge in [-0.15, -0.1) is 13.2 Å². The number of fused-ring (bicyclic) bond motifs is 2. The van der Waals surface area contributed by atoms with Gasteiger partial charge in [0.25, 0.3) is 5.91 Å². The van der Waals surface area contributed by atoms with Gasteiger partial charge in [0.2, 0.25) is 5.91 Å². The minimum absolute atomic E-state index is 0.150. The number of carbonyl (C=O) groups excluding carboxylic acids is 3. The molecule has 0 radical (unpaired) electrons. The molecule has 3 heterocycles. The van der Waals surface area contributed by atoms with E-state index in [0.29, 0.717) is 36.9 Å². The largest absolute Gasteiger partial charge is 0.465 e. The molecule has 6 atom stereocenters. The fourth-order valence-corrected chi connectivity index (χ4v) is 7.94. The summed E-state index contributed by atoms with van der Waals surface area (Å²) in [5.74, 6) is -3.03. The lowest BCUT2D eigenvalue weighted by molar-refractivity contribution is -0.162. The lowest BCUT2D eigenvalue weighted by Gasteiger charge is -2.39. The number of likely N-dealkylation sites (tertiary alicyclic amines) is 1. The fraction of sp³-hybridized carbons (Fsp3) is 0.378. The van der Waals surface area contributed by atoms with Gasteiger partial charge in [0.1, 0.15) is 17.6 Å². The second-order valence-electron chi connectivity index (χ2n) is 12.2. The third kappa shape index (κ3) is 4.87. The van der Waals surface area contributed by atoms with Crippen molar-refractivity contribution in [3.8, 4) is 0 Å². The van der Waals surface area contributed by atoms with Crippen LogP contribution in [-0.4, -0.2) is 64.8 Å². The number of ether oxygens (including phenoxy) is 2. The van der Waals surface area contributed by atoms with Crippen LogP contribution in [0.1, 0.15) is 44.2 Å². The number of nitrogens with zero attached hydrogens (tertiary/aromatic N) is 2. The number of aliphatic hydroxyl groups excluding tert-OH is 1. The Hall–Kier alpha value is -4.27. The molecule has 3 aromatic carbocycles. The van der Waals surface area contributed by atoms with E-state index in [1.807, 2.05) is 79.7 Å². The molecule has 8 heteroatoms. The van der Waals surface area contributed by atoms with Crippen molar-refractivity contribution in [1.29, 1.82) is 0 Å². The number of hydrogen-bond donors (Lipinski definition) is 1. The van der Waals surface area contributed by atoms with Crippen molar-refractivity contribution in [3.05, 3.63) is 104 Å².